The van der Waals surface area contributed by atoms with Crippen LogP contribution in [0.2, 0.25) is 0 Å². The van der Waals surface area contributed by atoms with E-state index >= 15 is 0 Å². The van der Waals surface area contributed by atoms with E-state index in [4.69, 9.17) is 9.29 Å². The molecule has 7 heteroatoms. The Balaban J connectivity index is 2.34. The van der Waals surface area contributed by atoms with Crippen molar-refractivity contribution in [2.24, 2.45) is 5.92 Å². The number of rotatable bonds is 3. The zero-order chi connectivity index (χ0) is 10.8. The fourth-order valence-electron chi connectivity index (χ4n) is 1.25. The highest BCUT2D eigenvalue weighted by atomic mass is 32.3. The molecule has 1 aliphatic rings. The molecular formula is C7H14O6S. The summed E-state index contributed by atoms with van der Waals surface area (Å²) in [5.74, 6) is 0.0389. The second kappa shape index (κ2) is 4.54. The van der Waals surface area contributed by atoms with Crippen LogP contribution in [-0.2, 0) is 19.3 Å². The molecular weight excluding hydrogens is 212 g/mol. The van der Waals surface area contributed by atoms with Gasteiger partial charge in [0, 0.05) is 12.3 Å². The molecule has 0 saturated carbocycles. The summed E-state index contributed by atoms with van der Waals surface area (Å²) in [5, 5.41) is 9.43. The number of ether oxygens (including phenoxy) is 1. The van der Waals surface area contributed by atoms with Crippen molar-refractivity contribution >= 4 is 10.4 Å². The standard InChI is InChI=1S/C7H14O6S/c1-5-3-12-6(2-7(5)8)4-13-14(9,10)11/h5-8H,2-4H2,1H3,(H,9,10,11). The van der Waals surface area contributed by atoms with Crippen molar-refractivity contribution in [2.45, 2.75) is 25.6 Å². The van der Waals surface area contributed by atoms with Gasteiger partial charge in [-0.1, -0.05) is 6.92 Å². The number of hydrogen-bond donors (Lipinski definition) is 2. The van der Waals surface area contributed by atoms with Crippen LogP contribution >= 0.6 is 0 Å². The third kappa shape index (κ3) is 3.89. The summed E-state index contributed by atoms with van der Waals surface area (Å²) in [6, 6.07) is 0. The molecule has 0 spiro atoms. The molecule has 3 atom stereocenters. The average molecular weight is 226 g/mol. The van der Waals surface area contributed by atoms with Gasteiger partial charge >= 0.3 is 10.4 Å². The van der Waals surface area contributed by atoms with E-state index in [2.05, 4.69) is 4.18 Å². The summed E-state index contributed by atoms with van der Waals surface area (Å²) in [6.07, 6.45) is -0.682. The molecule has 6 nitrogen and oxygen atoms in total. The van der Waals surface area contributed by atoms with Gasteiger partial charge in [-0.05, 0) is 0 Å². The van der Waals surface area contributed by atoms with Crippen molar-refractivity contribution in [3.63, 3.8) is 0 Å². The Morgan fingerprint density at radius 3 is 2.71 bits per heavy atom. The van der Waals surface area contributed by atoms with E-state index in [0.29, 0.717) is 13.0 Å². The summed E-state index contributed by atoms with van der Waals surface area (Å²) >= 11 is 0. The van der Waals surface area contributed by atoms with Crippen molar-refractivity contribution in [1.82, 2.24) is 0 Å². The molecule has 14 heavy (non-hydrogen) atoms. The lowest BCUT2D eigenvalue weighted by Crippen LogP contribution is -2.38. The van der Waals surface area contributed by atoms with Gasteiger partial charge in [-0.3, -0.25) is 4.55 Å². The summed E-state index contributed by atoms with van der Waals surface area (Å²) in [6.45, 7) is 1.94. The van der Waals surface area contributed by atoms with Crippen LogP contribution in [0.4, 0.5) is 0 Å². The van der Waals surface area contributed by atoms with E-state index < -0.39 is 22.6 Å². The highest BCUT2D eigenvalue weighted by molar-refractivity contribution is 7.80. The van der Waals surface area contributed by atoms with E-state index in [1.54, 1.807) is 0 Å². The Hall–Kier alpha value is -0.210. The van der Waals surface area contributed by atoms with Crippen LogP contribution in [0.15, 0.2) is 0 Å². The van der Waals surface area contributed by atoms with Crippen LogP contribution in [0.1, 0.15) is 13.3 Å². The second-order valence-electron chi connectivity index (χ2n) is 3.45. The molecule has 2 N–H and O–H groups in total. The highest BCUT2D eigenvalue weighted by Gasteiger charge is 2.27. The first-order chi connectivity index (χ1) is 6.38. The van der Waals surface area contributed by atoms with Gasteiger partial charge in [-0.25, -0.2) is 4.18 Å². The minimum absolute atomic E-state index is 0.0389. The SMILES string of the molecule is CC1COC(COS(=O)(=O)O)CC1O. The Morgan fingerprint density at radius 1 is 1.57 bits per heavy atom. The normalized spacial score (nSPS) is 34.4. The van der Waals surface area contributed by atoms with E-state index in [0.717, 1.165) is 0 Å². The summed E-state index contributed by atoms with van der Waals surface area (Å²) in [5.41, 5.74) is 0. The predicted octanol–water partition coefficient (Wildman–Crippen LogP) is -0.408. The zero-order valence-corrected chi connectivity index (χ0v) is 8.61. The van der Waals surface area contributed by atoms with Gasteiger partial charge in [0.05, 0.1) is 25.4 Å². The van der Waals surface area contributed by atoms with Gasteiger partial charge in [0.15, 0.2) is 0 Å². The molecule has 0 radical (unpaired) electrons. The van der Waals surface area contributed by atoms with Crippen LogP contribution in [0, 0.1) is 5.92 Å². The Labute approximate surface area is 82.8 Å². The van der Waals surface area contributed by atoms with E-state index in [9.17, 15) is 13.5 Å². The Morgan fingerprint density at radius 2 is 2.21 bits per heavy atom. The lowest BCUT2D eigenvalue weighted by molar-refractivity contribution is -0.0905. The van der Waals surface area contributed by atoms with Gasteiger partial charge < -0.3 is 9.84 Å². The summed E-state index contributed by atoms with van der Waals surface area (Å²) in [7, 11) is -4.42. The number of aliphatic hydroxyl groups is 1. The first-order valence-electron chi connectivity index (χ1n) is 4.30. The van der Waals surface area contributed by atoms with Gasteiger partial charge in [0.25, 0.3) is 0 Å². The average Bonchev–Trinajstić information content (AvgIpc) is 2.06. The van der Waals surface area contributed by atoms with E-state index in [-0.39, 0.29) is 12.5 Å². The molecule has 0 aliphatic carbocycles. The molecule has 1 fully saturated rings. The molecule has 0 aromatic carbocycles. The van der Waals surface area contributed by atoms with Gasteiger partial charge in [-0.15, -0.1) is 0 Å². The number of aliphatic hydroxyl groups excluding tert-OH is 1. The second-order valence-corrected chi connectivity index (χ2v) is 4.54. The molecule has 0 aromatic rings. The fourth-order valence-corrected chi connectivity index (χ4v) is 1.57. The minimum atomic E-state index is -4.42. The maximum Gasteiger partial charge on any atom is 0.397 e. The molecule has 84 valence electrons. The molecule has 1 heterocycles. The maximum atomic E-state index is 10.2. The third-order valence-electron chi connectivity index (χ3n) is 2.16. The topological polar surface area (TPSA) is 93.1 Å². The van der Waals surface area contributed by atoms with E-state index in [1.807, 2.05) is 6.92 Å². The Bertz CT molecular complexity index is 274. The van der Waals surface area contributed by atoms with Crippen molar-refractivity contribution in [2.75, 3.05) is 13.2 Å². The van der Waals surface area contributed by atoms with Crippen molar-refractivity contribution in [3.05, 3.63) is 0 Å². The van der Waals surface area contributed by atoms with Crippen LogP contribution in [-0.4, -0.2) is 43.5 Å². The van der Waals surface area contributed by atoms with Crippen LogP contribution in [0.5, 0.6) is 0 Å². The molecule has 0 amide bonds. The minimum Gasteiger partial charge on any atom is -0.393 e. The Kier molecular flexibility index (Phi) is 3.85. The zero-order valence-electron chi connectivity index (χ0n) is 7.79. The molecule has 1 saturated heterocycles. The first-order valence-corrected chi connectivity index (χ1v) is 5.66. The van der Waals surface area contributed by atoms with Gasteiger partial charge in [-0.2, -0.15) is 8.42 Å². The van der Waals surface area contributed by atoms with Gasteiger partial charge in [0.1, 0.15) is 0 Å². The first kappa shape index (κ1) is 11.9. The molecule has 1 aliphatic heterocycles. The van der Waals surface area contributed by atoms with Crippen molar-refractivity contribution < 1.29 is 27.0 Å². The van der Waals surface area contributed by atoms with Gasteiger partial charge in [0.2, 0.25) is 0 Å². The number of hydrogen-bond acceptors (Lipinski definition) is 5. The lowest BCUT2D eigenvalue weighted by Gasteiger charge is -2.30. The third-order valence-corrected chi connectivity index (χ3v) is 2.59. The largest absolute Gasteiger partial charge is 0.397 e. The quantitative estimate of drug-likeness (QED) is 0.635. The van der Waals surface area contributed by atoms with Crippen molar-refractivity contribution in [1.29, 1.82) is 0 Å². The molecule has 0 bridgehead atoms. The van der Waals surface area contributed by atoms with E-state index in [1.165, 1.54) is 0 Å². The fraction of sp³-hybridized carbons (Fsp3) is 1.00. The molecule has 1 rings (SSSR count). The predicted molar refractivity (Wildman–Crippen MR) is 47.0 cm³/mol. The van der Waals surface area contributed by atoms with Crippen molar-refractivity contribution in [3.8, 4) is 0 Å². The maximum absolute atomic E-state index is 10.2. The monoisotopic (exact) mass is 226 g/mol. The van der Waals surface area contributed by atoms with Crippen LogP contribution in [0.3, 0.4) is 0 Å². The molecule has 0 aromatic heterocycles. The van der Waals surface area contributed by atoms with Crippen LogP contribution in [0.25, 0.3) is 0 Å². The van der Waals surface area contributed by atoms with Crippen LogP contribution < -0.4 is 0 Å². The summed E-state index contributed by atoms with van der Waals surface area (Å²) in [4.78, 5) is 0. The summed E-state index contributed by atoms with van der Waals surface area (Å²) < 4.78 is 38.1. The lowest BCUT2D eigenvalue weighted by atomic mass is 9.97. The molecule has 3 unspecified atom stereocenters. The smallest absolute Gasteiger partial charge is 0.393 e. The highest BCUT2D eigenvalue weighted by Crippen LogP contribution is 2.19.